The Morgan fingerprint density at radius 1 is 1.44 bits per heavy atom. The van der Waals surface area contributed by atoms with Crippen LogP contribution in [0.1, 0.15) is 26.7 Å². The van der Waals surface area contributed by atoms with Crippen LogP contribution in [-0.4, -0.2) is 60.6 Å². The molecular weight excluding hydrogens is 204 g/mol. The van der Waals surface area contributed by atoms with E-state index in [1.54, 1.807) is 0 Å². The Labute approximate surface area is 97.5 Å². The van der Waals surface area contributed by atoms with Crippen LogP contribution in [0.25, 0.3) is 0 Å². The van der Waals surface area contributed by atoms with Gasteiger partial charge in [0.15, 0.2) is 0 Å². The predicted octanol–water partition coefficient (Wildman–Crippen LogP) is 0.716. The van der Waals surface area contributed by atoms with E-state index in [0.717, 1.165) is 13.1 Å². The zero-order valence-corrected chi connectivity index (χ0v) is 10.5. The number of carbonyl (C=O) groups is 1. The van der Waals surface area contributed by atoms with Crippen LogP contribution < -0.4 is 0 Å². The maximum Gasteiger partial charge on any atom is 0.322 e. The number of hydrogen-bond donors (Lipinski definition) is 0. The molecule has 2 saturated heterocycles. The van der Waals surface area contributed by atoms with Crippen LogP contribution in [0.5, 0.6) is 0 Å². The number of methoxy groups -OCH3 is 1. The highest BCUT2D eigenvalue weighted by molar-refractivity contribution is 5.75. The van der Waals surface area contributed by atoms with Crippen molar-refractivity contribution in [2.75, 3.05) is 26.7 Å². The van der Waals surface area contributed by atoms with E-state index in [1.807, 2.05) is 6.92 Å². The lowest BCUT2D eigenvalue weighted by molar-refractivity contribution is -0.148. The van der Waals surface area contributed by atoms with Gasteiger partial charge in [-0.1, -0.05) is 0 Å². The molecule has 2 fully saturated rings. The van der Waals surface area contributed by atoms with Gasteiger partial charge in [-0.05, 0) is 33.2 Å². The summed E-state index contributed by atoms with van der Waals surface area (Å²) in [6, 6.07) is 0.995. The lowest BCUT2D eigenvalue weighted by Crippen LogP contribution is -2.59. The first-order chi connectivity index (χ1) is 7.63. The summed E-state index contributed by atoms with van der Waals surface area (Å²) in [4.78, 5) is 16.4. The first-order valence-corrected chi connectivity index (χ1v) is 6.21. The van der Waals surface area contributed by atoms with Gasteiger partial charge < -0.3 is 4.74 Å². The standard InChI is InChI=1S/C12H22N2O2/c1-9-7-13-6-4-5-11(13)8-14(9)10(2)12(15)16-3/h9-11H,4-8H2,1-3H3. The normalized spacial score (nSPS) is 33.4. The molecule has 2 rings (SSSR count). The molecule has 2 aliphatic rings. The number of piperazine rings is 1. The molecule has 2 aliphatic heterocycles. The molecule has 16 heavy (non-hydrogen) atoms. The van der Waals surface area contributed by atoms with Crippen LogP contribution in [0, 0.1) is 0 Å². The third-order valence-corrected chi connectivity index (χ3v) is 4.03. The quantitative estimate of drug-likeness (QED) is 0.649. The van der Waals surface area contributed by atoms with E-state index < -0.39 is 0 Å². The Morgan fingerprint density at radius 3 is 2.88 bits per heavy atom. The molecule has 0 aromatic carbocycles. The van der Waals surface area contributed by atoms with Gasteiger partial charge in [-0.15, -0.1) is 0 Å². The van der Waals surface area contributed by atoms with Gasteiger partial charge >= 0.3 is 5.97 Å². The fourth-order valence-electron chi connectivity index (χ4n) is 3.06. The number of carbonyl (C=O) groups excluding carboxylic acids is 1. The van der Waals surface area contributed by atoms with Gasteiger partial charge in [0, 0.05) is 25.2 Å². The van der Waals surface area contributed by atoms with Gasteiger partial charge in [0.25, 0.3) is 0 Å². The van der Waals surface area contributed by atoms with Gasteiger partial charge in [-0.2, -0.15) is 0 Å². The Morgan fingerprint density at radius 2 is 2.19 bits per heavy atom. The fraction of sp³-hybridized carbons (Fsp3) is 0.917. The van der Waals surface area contributed by atoms with E-state index in [2.05, 4.69) is 16.7 Å². The van der Waals surface area contributed by atoms with Crippen LogP contribution in [0.4, 0.5) is 0 Å². The highest BCUT2D eigenvalue weighted by Gasteiger charge is 2.38. The van der Waals surface area contributed by atoms with E-state index in [0.29, 0.717) is 12.1 Å². The Kier molecular flexibility index (Phi) is 3.50. The molecule has 0 spiro atoms. The third-order valence-electron chi connectivity index (χ3n) is 4.03. The highest BCUT2D eigenvalue weighted by Crippen LogP contribution is 2.25. The molecule has 3 atom stereocenters. The molecule has 92 valence electrons. The van der Waals surface area contributed by atoms with Gasteiger partial charge in [0.05, 0.1) is 7.11 Å². The Balaban J connectivity index is 2.01. The minimum absolute atomic E-state index is 0.109. The number of fused-ring (bicyclic) bond motifs is 1. The zero-order chi connectivity index (χ0) is 11.7. The lowest BCUT2D eigenvalue weighted by atomic mass is 10.1. The van der Waals surface area contributed by atoms with Crippen molar-refractivity contribution in [3.05, 3.63) is 0 Å². The second-order valence-electron chi connectivity index (χ2n) is 5.04. The van der Waals surface area contributed by atoms with Crippen molar-refractivity contribution in [1.29, 1.82) is 0 Å². The van der Waals surface area contributed by atoms with Gasteiger partial charge in [-0.25, -0.2) is 0 Å². The van der Waals surface area contributed by atoms with Crippen molar-refractivity contribution >= 4 is 5.97 Å². The summed E-state index contributed by atoms with van der Waals surface area (Å²) in [6.45, 7) is 7.49. The van der Waals surface area contributed by atoms with E-state index >= 15 is 0 Å². The molecule has 2 heterocycles. The molecule has 0 aromatic heterocycles. The highest BCUT2D eigenvalue weighted by atomic mass is 16.5. The summed E-state index contributed by atoms with van der Waals surface area (Å²) < 4.78 is 4.83. The lowest BCUT2D eigenvalue weighted by Gasteiger charge is -2.44. The molecule has 0 saturated carbocycles. The molecular formula is C12H22N2O2. The molecule has 0 amide bonds. The molecule has 4 nitrogen and oxygen atoms in total. The average molecular weight is 226 g/mol. The van der Waals surface area contributed by atoms with E-state index in [9.17, 15) is 4.79 Å². The van der Waals surface area contributed by atoms with Crippen LogP contribution >= 0.6 is 0 Å². The second kappa shape index (κ2) is 4.72. The Hall–Kier alpha value is -0.610. The maximum absolute atomic E-state index is 11.6. The van der Waals surface area contributed by atoms with Crippen LogP contribution in [0.3, 0.4) is 0 Å². The van der Waals surface area contributed by atoms with Crippen molar-refractivity contribution in [3.63, 3.8) is 0 Å². The number of rotatable bonds is 2. The summed E-state index contributed by atoms with van der Waals surface area (Å²) in [5, 5.41) is 0. The molecule has 0 radical (unpaired) electrons. The smallest absolute Gasteiger partial charge is 0.322 e. The summed E-state index contributed by atoms with van der Waals surface area (Å²) in [6.07, 6.45) is 2.58. The number of esters is 1. The van der Waals surface area contributed by atoms with Crippen molar-refractivity contribution in [2.45, 2.75) is 44.8 Å². The third kappa shape index (κ3) is 2.09. The largest absolute Gasteiger partial charge is 0.468 e. The predicted molar refractivity (Wildman–Crippen MR) is 62.2 cm³/mol. The molecule has 0 bridgehead atoms. The van der Waals surface area contributed by atoms with Crippen LogP contribution in [-0.2, 0) is 9.53 Å². The maximum atomic E-state index is 11.6. The van der Waals surface area contributed by atoms with Crippen molar-refractivity contribution in [1.82, 2.24) is 9.80 Å². The van der Waals surface area contributed by atoms with E-state index in [1.165, 1.54) is 26.5 Å². The minimum atomic E-state index is -0.113. The fourth-order valence-corrected chi connectivity index (χ4v) is 3.06. The molecule has 0 aliphatic carbocycles. The van der Waals surface area contributed by atoms with E-state index in [4.69, 9.17) is 4.74 Å². The summed E-state index contributed by atoms with van der Waals surface area (Å²) in [5.41, 5.74) is 0. The van der Waals surface area contributed by atoms with Crippen LogP contribution in [0.15, 0.2) is 0 Å². The number of nitrogens with zero attached hydrogens (tertiary/aromatic N) is 2. The topological polar surface area (TPSA) is 32.8 Å². The average Bonchev–Trinajstić information content (AvgIpc) is 2.72. The number of ether oxygens (including phenoxy) is 1. The van der Waals surface area contributed by atoms with Gasteiger partial charge in [0.2, 0.25) is 0 Å². The monoisotopic (exact) mass is 226 g/mol. The molecule has 0 N–H and O–H groups in total. The first-order valence-electron chi connectivity index (χ1n) is 6.21. The summed E-state index contributed by atoms with van der Waals surface area (Å²) in [5.74, 6) is -0.113. The van der Waals surface area contributed by atoms with Gasteiger partial charge in [0.1, 0.15) is 6.04 Å². The first kappa shape index (κ1) is 11.9. The van der Waals surface area contributed by atoms with Gasteiger partial charge in [-0.3, -0.25) is 14.6 Å². The van der Waals surface area contributed by atoms with Crippen molar-refractivity contribution in [2.24, 2.45) is 0 Å². The summed E-state index contributed by atoms with van der Waals surface area (Å²) >= 11 is 0. The molecule has 0 aromatic rings. The van der Waals surface area contributed by atoms with Crippen molar-refractivity contribution < 1.29 is 9.53 Å². The molecule has 3 unspecified atom stereocenters. The Bertz CT molecular complexity index is 270. The zero-order valence-electron chi connectivity index (χ0n) is 10.5. The van der Waals surface area contributed by atoms with Crippen molar-refractivity contribution in [3.8, 4) is 0 Å². The minimum Gasteiger partial charge on any atom is -0.468 e. The summed E-state index contributed by atoms with van der Waals surface area (Å²) in [7, 11) is 1.47. The van der Waals surface area contributed by atoms with E-state index in [-0.39, 0.29) is 12.0 Å². The van der Waals surface area contributed by atoms with Crippen LogP contribution in [0.2, 0.25) is 0 Å². The number of hydrogen-bond acceptors (Lipinski definition) is 4. The molecule has 4 heteroatoms. The second-order valence-corrected chi connectivity index (χ2v) is 5.04. The SMILES string of the molecule is COC(=O)C(C)N1CC2CCCN2CC1C.